The van der Waals surface area contributed by atoms with Crippen LogP contribution in [0.4, 0.5) is 0 Å². The molecule has 0 radical (unpaired) electrons. The molecule has 2 bridgehead atoms. The molecule has 3 aliphatic rings. The molecule has 126 valence electrons. The van der Waals surface area contributed by atoms with Gasteiger partial charge in [-0.05, 0) is 29.3 Å². The summed E-state index contributed by atoms with van der Waals surface area (Å²) in [4.78, 5) is 0. The predicted octanol–water partition coefficient (Wildman–Crippen LogP) is 5.98. The zero-order valence-corrected chi connectivity index (χ0v) is 14.6. The Bertz CT molecular complexity index is 969. The van der Waals surface area contributed by atoms with Crippen molar-refractivity contribution in [2.24, 2.45) is 5.92 Å². The number of carbonyl (C=O) groups excluding carboxylic acids is 1. The SMILES string of the molecule is C(=C\C1CC2[O+]=C(c3ccccc3)C1c1ccccc12)/c1ccccc1. The van der Waals surface area contributed by atoms with E-state index < -0.39 is 0 Å². The fourth-order valence-electron chi connectivity index (χ4n) is 4.34. The van der Waals surface area contributed by atoms with Crippen molar-refractivity contribution in [1.29, 1.82) is 0 Å². The van der Waals surface area contributed by atoms with E-state index in [1.807, 2.05) is 0 Å². The van der Waals surface area contributed by atoms with Crippen molar-refractivity contribution in [1.82, 2.24) is 0 Å². The molecule has 0 aromatic heterocycles. The van der Waals surface area contributed by atoms with Gasteiger partial charge in [0.15, 0.2) is 0 Å². The molecule has 3 unspecified atom stereocenters. The lowest BCUT2D eigenvalue weighted by molar-refractivity contribution is -0.352. The third-order valence-corrected chi connectivity index (χ3v) is 5.54. The van der Waals surface area contributed by atoms with Gasteiger partial charge < -0.3 is 0 Å². The maximum absolute atomic E-state index is 6.46. The molecule has 1 nitrogen and oxygen atoms in total. The fourth-order valence-corrected chi connectivity index (χ4v) is 4.34. The molecule has 1 heteroatoms. The molecule has 26 heavy (non-hydrogen) atoms. The summed E-state index contributed by atoms with van der Waals surface area (Å²) in [5, 5.41) is 0. The number of ketones is 1. The van der Waals surface area contributed by atoms with Crippen molar-refractivity contribution >= 4 is 11.9 Å². The highest BCUT2D eigenvalue weighted by atomic mass is 16.4. The topological polar surface area (TPSA) is 11.3 Å². The molecule has 0 amide bonds. The van der Waals surface area contributed by atoms with Crippen LogP contribution in [0.5, 0.6) is 0 Å². The maximum Gasteiger partial charge on any atom is 0.335 e. The van der Waals surface area contributed by atoms with Crippen LogP contribution >= 0.6 is 0 Å². The molecule has 3 aromatic carbocycles. The Morgan fingerprint density at radius 3 is 2.15 bits per heavy atom. The van der Waals surface area contributed by atoms with E-state index >= 15 is 0 Å². The standard InChI is InChI=1S/C25H21O/c1-3-9-18(10-4-1)15-16-20-17-23-21-13-7-8-14-22(21)24(20)25(26-23)19-11-5-2-6-12-19/h1-16,20,23-24H,17H2/q+1/b16-15+. The third-order valence-electron chi connectivity index (χ3n) is 5.54. The van der Waals surface area contributed by atoms with Crippen LogP contribution in [0.1, 0.15) is 45.1 Å². The Kier molecular flexibility index (Phi) is 3.79. The Morgan fingerprint density at radius 2 is 1.38 bits per heavy atom. The van der Waals surface area contributed by atoms with Crippen LogP contribution in [0, 0.1) is 5.92 Å². The van der Waals surface area contributed by atoms with Crippen molar-refractivity contribution in [3.05, 3.63) is 113 Å². The van der Waals surface area contributed by atoms with E-state index in [0.29, 0.717) is 11.8 Å². The summed E-state index contributed by atoms with van der Waals surface area (Å²) in [6, 6.07) is 29.9. The van der Waals surface area contributed by atoms with Crippen LogP contribution < -0.4 is 0 Å². The average Bonchev–Trinajstić information content (AvgIpc) is 2.74. The van der Waals surface area contributed by atoms with Crippen LogP contribution in [0.2, 0.25) is 0 Å². The minimum atomic E-state index is 0.150. The molecule has 3 aromatic rings. The smallest absolute Gasteiger partial charge is 0.249 e. The Hall–Kier alpha value is -2.93. The van der Waals surface area contributed by atoms with Gasteiger partial charge >= 0.3 is 5.78 Å². The summed E-state index contributed by atoms with van der Waals surface area (Å²) in [7, 11) is 0. The molecule has 0 saturated carbocycles. The van der Waals surface area contributed by atoms with Gasteiger partial charge in [0, 0.05) is 5.92 Å². The van der Waals surface area contributed by atoms with Crippen LogP contribution in [0.25, 0.3) is 6.08 Å². The van der Waals surface area contributed by atoms with Crippen molar-refractivity contribution in [3.63, 3.8) is 0 Å². The molecule has 3 atom stereocenters. The first-order chi connectivity index (χ1) is 12.9. The molecular weight excluding hydrogens is 316 g/mol. The second kappa shape index (κ2) is 6.42. The Labute approximate surface area is 154 Å². The zero-order valence-electron chi connectivity index (χ0n) is 14.6. The Balaban J connectivity index is 1.57. The average molecular weight is 337 g/mol. The molecule has 0 N–H and O–H groups in total. The summed E-state index contributed by atoms with van der Waals surface area (Å²) in [6.45, 7) is 0. The second-order valence-electron chi connectivity index (χ2n) is 7.11. The van der Waals surface area contributed by atoms with Gasteiger partial charge in [0.2, 0.25) is 0 Å². The van der Waals surface area contributed by atoms with E-state index in [2.05, 4.69) is 97.1 Å². The number of rotatable bonds is 3. The van der Waals surface area contributed by atoms with Gasteiger partial charge in [-0.2, -0.15) is 0 Å². The molecule has 2 heterocycles. The first kappa shape index (κ1) is 15.3. The lowest BCUT2D eigenvalue weighted by Gasteiger charge is -2.33. The molecule has 0 saturated heterocycles. The molecule has 2 aliphatic heterocycles. The first-order valence-corrected chi connectivity index (χ1v) is 9.31. The van der Waals surface area contributed by atoms with Crippen LogP contribution in [0.3, 0.4) is 0 Å². The monoisotopic (exact) mass is 337 g/mol. The number of hydrogen-bond donors (Lipinski definition) is 0. The van der Waals surface area contributed by atoms with Crippen LogP contribution in [-0.2, 0) is 0 Å². The van der Waals surface area contributed by atoms with E-state index in [0.717, 1.165) is 12.2 Å². The van der Waals surface area contributed by atoms with E-state index in [1.54, 1.807) is 0 Å². The first-order valence-electron chi connectivity index (χ1n) is 9.31. The zero-order chi connectivity index (χ0) is 17.3. The van der Waals surface area contributed by atoms with E-state index in [1.165, 1.54) is 22.3 Å². The van der Waals surface area contributed by atoms with E-state index in [9.17, 15) is 0 Å². The lowest BCUT2D eigenvalue weighted by Crippen LogP contribution is -2.34. The van der Waals surface area contributed by atoms with Gasteiger partial charge in [-0.25, -0.2) is 4.42 Å². The summed E-state index contributed by atoms with van der Waals surface area (Å²) < 4.78 is 6.46. The highest BCUT2D eigenvalue weighted by molar-refractivity contribution is 6.03. The lowest BCUT2D eigenvalue weighted by atomic mass is 9.68. The van der Waals surface area contributed by atoms with E-state index in [-0.39, 0.29) is 6.10 Å². The van der Waals surface area contributed by atoms with Crippen LogP contribution in [0.15, 0.2) is 91.0 Å². The minimum absolute atomic E-state index is 0.150. The van der Waals surface area contributed by atoms with Crippen molar-refractivity contribution in [3.8, 4) is 0 Å². The molecule has 6 rings (SSSR count). The number of benzene rings is 3. The van der Waals surface area contributed by atoms with Gasteiger partial charge in [-0.15, -0.1) is 0 Å². The van der Waals surface area contributed by atoms with Gasteiger partial charge in [0.25, 0.3) is 6.10 Å². The van der Waals surface area contributed by atoms with Gasteiger partial charge in [-0.3, -0.25) is 0 Å². The molecule has 0 fully saturated rings. The summed E-state index contributed by atoms with van der Waals surface area (Å²) >= 11 is 0. The fraction of sp³-hybridized carbons (Fsp3) is 0.160. The highest BCUT2D eigenvalue weighted by Gasteiger charge is 2.50. The predicted molar refractivity (Wildman–Crippen MR) is 106 cm³/mol. The van der Waals surface area contributed by atoms with Crippen molar-refractivity contribution in [2.75, 3.05) is 0 Å². The van der Waals surface area contributed by atoms with Crippen molar-refractivity contribution in [2.45, 2.75) is 18.4 Å². The van der Waals surface area contributed by atoms with Gasteiger partial charge in [0.1, 0.15) is 5.92 Å². The third kappa shape index (κ3) is 2.61. The minimum Gasteiger partial charge on any atom is -0.249 e. The summed E-state index contributed by atoms with van der Waals surface area (Å²) in [5.74, 6) is 1.88. The summed E-state index contributed by atoms with van der Waals surface area (Å²) in [5.41, 5.74) is 5.25. The number of fused-ring (bicyclic) bond motifs is 1. The Morgan fingerprint density at radius 1 is 0.731 bits per heavy atom. The summed E-state index contributed by atoms with van der Waals surface area (Å²) in [6.07, 6.45) is 5.84. The molecule has 0 spiro atoms. The molecule has 1 aliphatic carbocycles. The second-order valence-corrected chi connectivity index (χ2v) is 7.11. The number of allylic oxidation sites excluding steroid dienone is 1. The highest BCUT2D eigenvalue weighted by Crippen LogP contribution is 2.49. The quantitative estimate of drug-likeness (QED) is 0.521. The van der Waals surface area contributed by atoms with Crippen molar-refractivity contribution < 1.29 is 4.42 Å². The molecular formula is C25H21O+. The normalized spacial score (nSPS) is 23.7. The largest absolute Gasteiger partial charge is 0.335 e. The van der Waals surface area contributed by atoms with E-state index in [4.69, 9.17) is 4.42 Å². The maximum atomic E-state index is 6.46. The van der Waals surface area contributed by atoms with Gasteiger partial charge in [-0.1, -0.05) is 78.9 Å². The van der Waals surface area contributed by atoms with Crippen LogP contribution in [-0.4, -0.2) is 5.78 Å². The number of hydrogen-bond acceptors (Lipinski definition) is 0. The van der Waals surface area contributed by atoms with Gasteiger partial charge in [0.05, 0.1) is 17.5 Å².